The number of aromatic nitrogens is 2. The van der Waals surface area contributed by atoms with Gasteiger partial charge >= 0.3 is 6.09 Å². The predicted octanol–water partition coefficient (Wildman–Crippen LogP) is 4.68. The maximum atomic E-state index is 13.1. The summed E-state index contributed by atoms with van der Waals surface area (Å²) in [4.78, 5) is 27.4. The van der Waals surface area contributed by atoms with Crippen LogP contribution in [0.1, 0.15) is 98.0 Å². The number of nitrogens with one attached hydrogen (secondary N) is 1. The van der Waals surface area contributed by atoms with Crippen LogP contribution < -0.4 is 5.32 Å². The lowest BCUT2D eigenvalue weighted by atomic mass is 9.85. The van der Waals surface area contributed by atoms with Crippen LogP contribution in [0.3, 0.4) is 0 Å². The van der Waals surface area contributed by atoms with Crippen molar-refractivity contribution in [1.82, 2.24) is 20.4 Å². The lowest BCUT2D eigenvalue weighted by Gasteiger charge is -2.34. The summed E-state index contributed by atoms with van der Waals surface area (Å²) in [6, 6.07) is -0.535. The Balaban J connectivity index is 1.70. The zero-order valence-electron chi connectivity index (χ0n) is 22.9. The van der Waals surface area contributed by atoms with Crippen molar-refractivity contribution < 1.29 is 28.6 Å². The molecule has 210 valence electrons. The topological polar surface area (TPSA) is 127 Å². The molecule has 0 spiro atoms. The Morgan fingerprint density at radius 1 is 1.16 bits per heavy atom. The summed E-state index contributed by atoms with van der Waals surface area (Å²) in [7, 11) is 0. The highest BCUT2D eigenvalue weighted by atomic mass is 32.2. The number of rotatable bonds is 10. The van der Waals surface area contributed by atoms with E-state index >= 15 is 0 Å². The number of hydrogen-bond donors (Lipinski definition) is 2. The van der Waals surface area contributed by atoms with E-state index in [9.17, 15) is 14.7 Å². The first-order chi connectivity index (χ1) is 17.6. The van der Waals surface area contributed by atoms with E-state index in [-0.39, 0.29) is 34.2 Å². The van der Waals surface area contributed by atoms with Gasteiger partial charge in [-0.3, -0.25) is 9.69 Å². The van der Waals surface area contributed by atoms with E-state index in [0.29, 0.717) is 19.8 Å². The van der Waals surface area contributed by atoms with Crippen LogP contribution >= 0.6 is 11.8 Å². The molecule has 1 saturated heterocycles. The quantitative estimate of drug-likeness (QED) is 0.321. The fourth-order valence-electron chi connectivity index (χ4n) is 4.91. The van der Waals surface area contributed by atoms with E-state index in [2.05, 4.69) is 15.5 Å². The van der Waals surface area contributed by atoms with Gasteiger partial charge < -0.3 is 24.3 Å². The minimum absolute atomic E-state index is 0.00875. The SMILES string of the molecule is CCCN(C(=O)OC(C)(C)C)C(C)Sc1nnc(C(O)C(NC(=O)C2CCCCC2)C2CCOCC2)o1. The summed E-state index contributed by atoms with van der Waals surface area (Å²) in [5.41, 5.74) is -0.601. The third-order valence-electron chi connectivity index (χ3n) is 6.88. The number of aliphatic hydroxyl groups is 1. The van der Waals surface area contributed by atoms with Gasteiger partial charge in [0.25, 0.3) is 5.22 Å². The second kappa shape index (κ2) is 13.8. The number of ether oxygens (including phenoxy) is 2. The van der Waals surface area contributed by atoms with Gasteiger partial charge in [0.2, 0.25) is 11.8 Å². The molecule has 1 saturated carbocycles. The molecule has 1 aliphatic carbocycles. The van der Waals surface area contributed by atoms with E-state index < -0.39 is 23.8 Å². The molecule has 3 rings (SSSR count). The number of carbonyl (C=O) groups excluding carboxylic acids is 2. The van der Waals surface area contributed by atoms with Crippen LogP contribution in [0.4, 0.5) is 4.79 Å². The predicted molar refractivity (Wildman–Crippen MR) is 140 cm³/mol. The molecule has 0 aromatic carbocycles. The van der Waals surface area contributed by atoms with Crippen molar-refractivity contribution in [3.8, 4) is 0 Å². The Hall–Kier alpha value is -1.85. The number of amides is 2. The number of carbonyl (C=O) groups is 2. The summed E-state index contributed by atoms with van der Waals surface area (Å²) in [5.74, 6) is 0.0840. The van der Waals surface area contributed by atoms with Crippen LogP contribution in [0, 0.1) is 11.8 Å². The highest BCUT2D eigenvalue weighted by Crippen LogP contribution is 2.32. The fraction of sp³-hybridized carbons (Fsp3) is 0.846. The molecule has 2 amide bonds. The number of thioether (sulfide) groups is 1. The molecule has 3 unspecified atom stereocenters. The highest BCUT2D eigenvalue weighted by Gasteiger charge is 2.37. The molecule has 2 heterocycles. The van der Waals surface area contributed by atoms with Gasteiger partial charge in [-0.1, -0.05) is 26.2 Å². The summed E-state index contributed by atoms with van der Waals surface area (Å²) in [6.07, 6.45) is 5.76. The normalized spacial score (nSPS) is 20.2. The van der Waals surface area contributed by atoms with Gasteiger partial charge in [0.1, 0.15) is 5.60 Å². The summed E-state index contributed by atoms with van der Waals surface area (Å²) >= 11 is 1.23. The van der Waals surface area contributed by atoms with E-state index in [4.69, 9.17) is 13.9 Å². The minimum Gasteiger partial charge on any atom is -0.444 e. The Kier molecular flexibility index (Phi) is 11.1. The molecule has 0 radical (unpaired) electrons. The molecule has 1 aromatic heterocycles. The van der Waals surface area contributed by atoms with Crippen LogP contribution in [-0.2, 0) is 14.3 Å². The largest absolute Gasteiger partial charge is 0.444 e. The third-order valence-corrected chi connectivity index (χ3v) is 7.84. The fourth-order valence-corrected chi connectivity index (χ4v) is 5.74. The van der Waals surface area contributed by atoms with Gasteiger partial charge in [0.15, 0.2) is 6.10 Å². The van der Waals surface area contributed by atoms with Crippen LogP contribution in [0.15, 0.2) is 9.64 Å². The zero-order chi connectivity index (χ0) is 27.0. The van der Waals surface area contributed by atoms with E-state index in [0.717, 1.165) is 44.9 Å². The van der Waals surface area contributed by atoms with Gasteiger partial charge in [-0.15, -0.1) is 10.2 Å². The van der Waals surface area contributed by atoms with Crippen molar-refractivity contribution in [3.05, 3.63) is 5.89 Å². The standard InChI is InChI=1S/C26H44N4O6S/c1-6-14-30(25(33)36-26(3,4)5)17(2)37-24-29-28-23(35-24)21(31)20(18-12-15-34-16-13-18)27-22(32)19-10-8-7-9-11-19/h17-21,31H,6-16H2,1-5H3,(H,27,32). The first kappa shape index (κ1) is 29.7. The van der Waals surface area contributed by atoms with Crippen LogP contribution in [-0.4, -0.2) is 69.0 Å². The molecule has 1 aromatic rings. The van der Waals surface area contributed by atoms with Crippen molar-refractivity contribution in [3.63, 3.8) is 0 Å². The molecule has 2 fully saturated rings. The number of aliphatic hydroxyl groups excluding tert-OH is 1. The maximum absolute atomic E-state index is 13.1. The molecule has 0 bridgehead atoms. The summed E-state index contributed by atoms with van der Waals surface area (Å²) < 4.78 is 16.9. The van der Waals surface area contributed by atoms with Crippen molar-refractivity contribution in [2.45, 2.75) is 114 Å². The Morgan fingerprint density at radius 2 is 1.84 bits per heavy atom. The van der Waals surface area contributed by atoms with Gasteiger partial charge in [-0.2, -0.15) is 0 Å². The highest BCUT2D eigenvalue weighted by molar-refractivity contribution is 7.99. The van der Waals surface area contributed by atoms with Gasteiger partial charge in [0, 0.05) is 25.7 Å². The van der Waals surface area contributed by atoms with Gasteiger partial charge in [-0.25, -0.2) is 4.79 Å². The molecule has 10 nitrogen and oxygen atoms in total. The van der Waals surface area contributed by atoms with Crippen LogP contribution in [0.2, 0.25) is 0 Å². The van der Waals surface area contributed by atoms with Crippen molar-refractivity contribution >= 4 is 23.8 Å². The average Bonchev–Trinajstić information content (AvgIpc) is 3.33. The smallest absolute Gasteiger partial charge is 0.411 e. The van der Waals surface area contributed by atoms with E-state index in [1.807, 2.05) is 34.6 Å². The molecule has 1 aliphatic heterocycles. The number of hydrogen-bond acceptors (Lipinski definition) is 9. The van der Waals surface area contributed by atoms with Crippen molar-refractivity contribution in [1.29, 1.82) is 0 Å². The lowest BCUT2D eigenvalue weighted by molar-refractivity contribution is -0.129. The summed E-state index contributed by atoms with van der Waals surface area (Å²) in [6.45, 7) is 11.1. The van der Waals surface area contributed by atoms with Crippen LogP contribution in [0.5, 0.6) is 0 Å². The first-order valence-electron chi connectivity index (χ1n) is 13.6. The van der Waals surface area contributed by atoms with Gasteiger partial charge in [-0.05, 0) is 77.5 Å². The Bertz CT molecular complexity index is 863. The number of nitrogens with zero attached hydrogens (tertiary/aromatic N) is 3. The maximum Gasteiger partial charge on any atom is 0.411 e. The molecule has 2 N–H and O–H groups in total. The first-order valence-corrected chi connectivity index (χ1v) is 14.5. The molecule has 3 atom stereocenters. The molecular formula is C26H44N4O6S. The Labute approximate surface area is 224 Å². The molecule has 2 aliphatic rings. The van der Waals surface area contributed by atoms with E-state index in [1.165, 1.54) is 18.2 Å². The van der Waals surface area contributed by atoms with Crippen LogP contribution in [0.25, 0.3) is 0 Å². The second-order valence-electron chi connectivity index (χ2n) is 11.1. The minimum atomic E-state index is -1.13. The zero-order valence-corrected chi connectivity index (χ0v) is 23.7. The monoisotopic (exact) mass is 540 g/mol. The summed E-state index contributed by atoms with van der Waals surface area (Å²) in [5, 5.41) is 22.6. The second-order valence-corrected chi connectivity index (χ2v) is 12.3. The van der Waals surface area contributed by atoms with Crippen molar-refractivity contribution in [2.24, 2.45) is 11.8 Å². The van der Waals surface area contributed by atoms with Gasteiger partial charge in [0.05, 0.1) is 11.4 Å². The molecule has 37 heavy (non-hydrogen) atoms. The molecule has 11 heteroatoms. The Morgan fingerprint density at radius 3 is 2.46 bits per heavy atom. The van der Waals surface area contributed by atoms with Crippen molar-refractivity contribution in [2.75, 3.05) is 19.8 Å². The average molecular weight is 541 g/mol. The lowest BCUT2D eigenvalue weighted by Crippen LogP contribution is -2.48. The van der Waals surface area contributed by atoms with E-state index in [1.54, 1.807) is 4.90 Å². The molecular weight excluding hydrogens is 496 g/mol. The third kappa shape index (κ3) is 8.85.